The van der Waals surface area contributed by atoms with Crippen molar-refractivity contribution in [1.29, 1.82) is 0 Å². The van der Waals surface area contributed by atoms with Gasteiger partial charge in [0.15, 0.2) is 0 Å². The van der Waals surface area contributed by atoms with Gasteiger partial charge in [0.05, 0.1) is 13.0 Å². The zero-order valence-electron chi connectivity index (χ0n) is 17.9. The zero-order valence-corrected chi connectivity index (χ0v) is 17.9. The van der Waals surface area contributed by atoms with Gasteiger partial charge in [-0.2, -0.15) is 0 Å². The topological polar surface area (TPSA) is 84.9 Å². The maximum Gasteiger partial charge on any atom is 0.408 e. The summed E-state index contributed by atoms with van der Waals surface area (Å²) in [6, 6.07) is 0. The Balaban J connectivity index is 2.68. The number of carbonyl (C=O) groups is 3. The van der Waals surface area contributed by atoms with E-state index in [1.807, 2.05) is 25.7 Å². The first-order valence-corrected chi connectivity index (χ1v) is 9.76. The fourth-order valence-electron chi connectivity index (χ4n) is 3.54. The Hall–Kier alpha value is -1.79. The van der Waals surface area contributed by atoms with E-state index >= 15 is 0 Å². The van der Waals surface area contributed by atoms with Crippen LogP contribution in [0.1, 0.15) is 67.2 Å². The lowest BCUT2D eigenvalue weighted by atomic mass is 9.83. The van der Waals surface area contributed by atoms with Gasteiger partial charge < -0.3 is 19.7 Å². The summed E-state index contributed by atoms with van der Waals surface area (Å²) in [4.78, 5) is 38.5. The largest absolute Gasteiger partial charge is 0.469 e. The Kier molecular flexibility index (Phi) is 8.11. The number of carbonyl (C=O) groups excluding carboxylic acids is 3. The molecule has 0 aliphatic carbocycles. The Morgan fingerprint density at radius 3 is 2.11 bits per heavy atom. The molecule has 0 aromatic heterocycles. The molecule has 1 saturated heterocycles. The minimum absolute atomic E-state index is 0.0371. The van der Waals surface area contributed by atoms with Gasteiger partial charge in [-0.05, 0) is 59.8 Å². The van der Waals surface area contributed by atoms with Crippen molar-refractivity contribution < 1.29 is 23.9 Å². The van der Waals surface area contributed by atoms with Crippen molar-refractivity contribution in [3.8, 4) is 0 Å². The highest BCUT2D eigenvalue weighted by Gasteiger charge is 2.39. The Labute approximate surface area is 163 Å². The monoisotopic (exact) mass is 384 g/mol. The minimum Gasteiger partial charge on any atom is -0.469 e. The van der Waals surface area contributed by atoms with Gasteiger partial charge in [0.1, 0.15) is 5.60 Å². The maximum absolute atomic E-state index is 13.1. The molecule has 1 rings (SSSR count). The first-order chi connectivity index (χ1) is 12.4. The van der Waals surface area contributed by atoms with E-state index in [0.29, 0.717) is 25.9 Å². The first-order valence-electron chi connectivity index (χ1n) is 9.76. The lowest BCUT2D eigenvalue weighted by Gasteiger charge is -2.39. The summed E-state index contributed by atoms with van der Waals surface area (Å²) in [6.45, 7) is 12.3. The van der Waals surface area contributed by atoms with Crippen LogP contribution in [-0.4, -0.2) is 54.2 Å². The van der Waals surface area contributed by atoms with Crippen LogP contribution in [0.4, 0.5) is 4.79 Å². The standard InChI is InChI=1S/C20H36N2O5/c1-8-15(20(5,6)21-18(25)27-19(2,3)4)17(24)22-11-9-14(10-12-22)13-16(23)26-7/h14-15H,8-13H2,1-7H3,(H,21,25). The highest BCUT2D eigenvalue weighted by atomic mass is 16.6. The normalized spacial score (nSPS) is 17.2. The molecule has 0 bridgehead atoms. The molecule has 7 nitrogen and oxygen atoms in total. The van der Waals surface area contributed by atoms with Crippen LogP contribution in [0.3, 0.4) is 0 Å². The molecule has 0 aromatic carbocycles. The summed E-state index contributed by atoms with van der Waals surface area (Å²) in [6.07, 6.45) is 2.08. The smallest absolute Gasteiger partial charge is 0.408 e. The van der Waals surface area contributed by atoms with Crippen molar-refractivity contribution in [2.24, 2.45) is 11.8 Å². The van der Waals surface area contributed by atoms with Crippen LogP contribution in [0.25, 0.3) is 0 Å². The molecule has 1 heterocycles. The molecule has 1 fully saturated rings. The number of ether oxygens (including phenoxy) is 2. The van der Waals surface area contributed by atoms with E-state index < -0.39 is 17.2 Å². The predicted molar refractivity (Wildman–Crippen MR) is 103 cm³/mol. The molecule has 0 aromatic rings. The van der Waals surface area contributed by atoms with Gasteiger partial charge in [-0.3, -0.25) is 9.59 Å². The molecular weight excluding hydrogens is 348 g/mol. The number of rotatable bonds is 6. The molecule has 2 amide bonds. The number of likely N-dealkylation sites (tertiary alicyclic amines) is 1. The minimum atomic E-state index is -0.725. The summed E-state index contributed by atoms with van der Waals surface area (Å²) in [7, 11) is 1.40. The van der Waals surface area contributed by atoms with Gasteiger partial charge in [0.25, 0.3) is 0 Å². The summed E-state index contributed by atoms with van der Waals surface area (Å²) < 4.78 is 10.1. The van der Waals surface area contributed by atoms with Gasteiger partial charge in [-0.1, -0.05) is 6.92 Å². The second kappa shape index (κ2) is 9.42. The molecule has 27 heavy (non-hydrogen) atoms. The first kappa shape index (κ1) is 23.2. The highest BCUT2D eigenvalue weighted by Crippen LogP contribution is 2.27. The molecule has 1 aliphatic heterocycles. The Bertz CT molecular complexity index is 531. The quantitative estimate of drug-likeness (QED) is 0.711. The third kappa shape index (κ3) is 7.39. The summed E-state index contributed by atoms with van der Waals surface area (Å²) in [5.74, 6) is -0.249. The molecule has 7 heteroatoms. The number of nitrogens with one attached hydrogen (secondary N) is 1. The average Bonchev–Trinajstić information content (AvgIpc) is 2.53. The molecule has 156 valence electrons. The van der Waals surface area contributed by atoms with E-state index in [1.54, 1.807) is 20.8 Å². The van der Waals surface area contributed by atoms with Gasteiger partial charge in [-0.25, -0.2) is 4.79 Å². The van der Waals surface area contributed by atoms with Gasteiger partial charge in [0, 0.05) is 25.0 Å². The Morgan fingerprint density at radius 1 is 1.11 bits per heavy atom. The molecule has 0 saturated carbocycles. The van der Waals surface area contributed by atoms with Crippen molar-refractivity contribution >= 4 is 18.0 Å². The van der Waals surface area contributed by atoms with Crippen LogP contribution in [0.15, 0.2) is 0 Å². The number of amides is 2. The maximum atomic E-state index is 13.1. The van der Waals surface area contributed by atoms with Crippen LogP contribution in [0, 0.1) is 11.8 Å². The van der Waals surface area contributed by atoms with Crippen LogP contribution in [-0.2, 0) is 19.1 Å². The SMILES string of the molecule is CCC(C(=O)N1CCC(CC(=O)OC)CC1)C(C)(C)NC(=O)OC(C)(C)C. The van der Waals surface area contributed by atoms with E-state index in [4.69, 9.17) is 9.47 Å². The summed E-state index contributed by atoms with van der Waals surface area (Å²) >= 11 is 0. The van der Waals surface area contributed by atoms with E-state index in [-0.39, 0.29) is 23.7 Å². The molecule has 1 atom stereocenters. The lowest BCUT2D eigenvalue weighted by Crippen LogP contribution is -2.56. The van der Waals surface area contributed by atoms with Crippen molar-refractivity contribution in [3.63, 3.8) is 0 Å². The number of methoxy groups -OCH3 is 1. The summed E-state index contributed by atoms with van der Waals surface area (Å²) in [5, 5.41) is 2.86. The molecule has 0 spiro atoms. The van der Waals surface area contributed by atoms with E-state index in [1.165, 1.54) is 7.11 Å². The van der Waals surface area contributed by atoms with Crippen LogP contribution in [0.2, 0.25) is 0 Å². The summed E-state index contributed by atoms with van der Waals surface area (Å²) in [5.41, 5.74) is -1.32. The van der Waals surface area contributed by atoms with Crippen molar-refractivity contribution in [3.05, 3.63) is 0 Å². The molecule has 0 radical (unpaired) electrons. The number of hydrogen-bond donors (Lipinski definition) is 1. The molecule has 1 aliphatic rings. The highest BCUT2D eigenvalue weighted by molar-refractivity contribution is 5.81. The van der Waals surface area contributed by atoms with Crippen molar-refractivity contribution in [2.45, 2.75) is 78.4 Å². The molecular formula is C20H36N2O5. The van der Waals surface area contributed by atoms with Gasteiger partial charge >= 0.3 is 12.1 Å². The third-order valence-corrected chi connectivity index (χ3v) is 5.01. The average molecular weight is 385 g/mol. The second-order valence-corrected chi connectivity index (χ2v) is 8.86. The van der Waals surface area contributed by atoms with E-state index in [2.05, 4.69) is 5.32 Å². The Morgan fingerprint density at radius 2 is 1.67 bits per heavy atom. The third-order valence-electron chi connectivity index (χ3n) is 5.01. The number of alkyl carbamates (subject to hydrolysis) is 1. The predicted octanol–water partition coefficient (Wildman–Crippen LogP) is 3.12. The second-order valence-electron chi connectivity index (χ2n) is 8.86. The van der Waals surface area contributed by atoms with Crippen LogP contribution in [0.5, 0.6) is 0 Å². The molecule has 1 N–H and O–H groups in total. The lowest BCUT2D eigenvalue weighted by molar-refractivity contribution is -0.142. The van der Waals surface area contributed by atoms with E-state index in [9.17, 15) is 14.4 Å². The van der Waals surface area contributed by atoms with Crippen molar-refractivity contribution in [2.75, 3.05) is 20.2 Å². The number of esters is 1. The number of hydrogen-bond acceptors (Lipinski definition) is 5. The number of nitrogens with zero attached hydrogens (tertiary/aromatic N) is 1. The van der Waals surface area contributed by atoms with Crippen LogP contribution >= 0.6 is 0 Å². The fraction of sp³-hybridized carbons (Fsp3) is 0.850. The fourth-order valence-corrected chi connectivity index (χ4v) is 3.54. The van der Waals surface area contributed by atoms with Gasteiger partial charge in [0.2, 0.25) is 5.91 Å². The van der Waals surface area contributed by atoms with Crippen molar-refractivity contribution in [1.82, 2.24) is 10.2 Å². The number of piperidine rings is 1. The molecule has 1 unspecified atom stereocenters. The van der Waals surface area contributed by atoms with Crippen LogP contribution < -0.4 is 5.32 Å². The van der Waals surface area contributed by atoms with E-state index in [0.717, 1.165) is 12.8 Å². The zero-order chi connectivity index (χ0) is 20.8. The van der Waals surface area contributed by atoms with Gasteiger partial charge in [-0.15, -0.1) is 0 Å².